The van der Waals surface area contributed by atoms with Crippen molar-refractivity contribution in [3.8, 4) is 0 Å². The highest BCUT2D eigenvalue weighted by atomic mass is 15.2. The third-order valence-corrected chi connectivity index (χ3v) is 5.09. The molecular weight excluding hydrogens is 232 g/mol. The summed E-state index contributed by atoms with van der Waals surface area (Å²) in [6, 6.07) is 1.62. The quantitative estimate of drug-likeness (QED) is 0.825. The maximum absolute atomic E-state index is 6.51. The Hall–Kier alpha value is -0.0800. The van der Waals surface area contributed by atoms with Crippen molar-refractivity contribution in [2.75, 3.05) is 7.05 Å². The Morgan fingerprint density at radius 1 is 0.947 bits per heavy atom. The highest BCUT2D eigenvalue weighted by Crippen LogP contribution is 2.21. The van der Waals surface area contributed by atoms with Gasteiger partial charge < -0.3 is 5.73 Å². The molecule has 19 heavy (non-hydrogen) atoms. The first-order valence-electron chi connectivity index (χ1n) is 8.64. The molecule has 0 heterocycles. The smallest absolute Gasteiger partial charge is 0.0246 e. The Kier molecular flexibility index (Phi) is 8.72. The number of hydrogen-bond donors (Lipinski definition) is 1. The van der Waals surface area contributed by atoms with E-state index in [4.69, 9.17) is 5.73 Å². The Bertz CT molecular complexity index is 217. The largest absolute Gasteiger partial charge is 0.326 e. The fourth-order valence-electron chi connectivity index (χ4n) is 3.32. The molecule has 0 saturated heterocycles. The molecule has 0 amide bonds. The third-order valence-electron chi connectivity index (χ3n) is 5.09. The minimum atomic E-state index is 0.374. The van der Waals surface area contributed by atoms with Crippen molar-refractivity contribution in [3.05, 3.63) is 0 Å². The normalized spacial score (nSPS) is 29.5. The summed E-state index contributed by atoms with van der Waals surface area (Å²) in [7, 11) is 2.28. The van der Waals surface area contributed by atoms with Crippen molar-refractivity contribution < 1.29 is 0 Å². The fraction of sp³-hybridized carbons (Fsp3) is 1.00. The SMILES string of the molecule is CCC(C)N(C)C1CCCCCCCCCCC1N. The predicted molar refractivity (Wildman–Crippen MR) is 85.4 cm³/mol. The van der Waals surface area contributed by atoms with Crippen LogP contribution in [0.5, 0.6) is 0 Å². The van der Waals surface area contributed by atoms with Crippen LogP contribution in [-0.4, -0.2) is 30.1 Å². The van der Waals surface area contributed by atoms with E-state index in [0.29, 0.717) is 18.1 Å². The van der Waals surface area contributed by atoms with Gasteiger partial charge in [-0.1, -0.05) is 58.3 Å². The Balaban J connectivity index is 2.55. The van der Waals surface area contributed by atoms with E-state index < -0.39 is 0 Å². The highest BCUT2D eigenvalue weighted by Gasteiger charge is 2.24. The number of nitrogens with zero attached hydrogens (tertiary/aromatic N) is 1. The van der Waals surface area contributed by atoms with Gasteiger partial charge in [-0.05, 0) is 33.2 Å². The first-order chi connectivity index (χ1) is 9.16. The van der Waals surface area contributed by atoms with E-state index in [9.17, 15) is 0 Å². The van der Waals surface area contributed by atoms with E-state index in [1.54, 1.807) is 0 Å². The van der Waals surface area contributed by atoms with Gasteiger partial charge >= 0.3 is 0 Å². The van der Waals surface area contributed by atoms with Crippen LogP contribution in [0.1, 0.15) is 84.5 Å². The van der Waals surface area contributed by atoms with Crippen molar-refractivity contribution in [1.82, 2.24) is 4.90 Å². The van der Waals surface area contributed by atoms with Crippen molar-refractivity contribution in [2.45, 2.75) is 103 Å². The lowest BCUT2D eigenvalue weighted by Gasteiger charge is -2.37. The van der Waals surface area contributed by atoms with Crippen LogP contribution in [0.2, 0.25) is 0 Å². The molecule has 1 aliphatic carbocycles. The molecule has 0 aliphatic heterocycles. The van der Waals surface area contributed by atoms with Crippen LogP contribution in [0.3, 0.4) is 0 Å². The second-order valence-corrected chi connectivity index (χ2v) is 6.56. The third kappa shape index (κ3) is 6.27. The minimum absolute atomic E-state index is 0.374. The maximum Gasteiger partial charge on any atom is 0.0246 e. The van der Waals surface area contributed by atoms with Gasteiger partial charge in [0.2, 0.25) is 0 Å². The van der Waals surface area contributed by atoms with Crippen LogP contribution >= 0.6 is 0 Å². The molecule has 0 aromatic carbocycles. The van der Waals surface area contributed by atoms with Gasteiger partial charge in [-0.15, -0.1) is 0 Å². The first kappa shape index (κ1) is 17.0. The standard InChI is InChI=1S/C17H36N2/c1-4-15(2)19(3)17-14-12-10-8-6-5-7-9-11-13-16(17)18/h15-17H,4-14,18H2,1-3H3. The van der Waals surface area contributed by atoms with E-state index in [1.807, 2.05) is 0 Å². The van der Waals surface area contributed by atoms with Gasteiger partial charge in [0.1, 0.15) is 0 Å². The van der Waals surface area contributed by atoms with E-state index in [1.165, 1.54) is 70.6 Å². The van der Waals surface area contributed by atoms with Gasteiger partial charge in [-0.25, -0.2) is 0 Å². The average molecular weight is 268 g/mol. The van der Waals surface area contributed by atoms with Crippen LogP contribution < -0.4 is 5.73 Å². The highest BCUT2D eigenvalue weighted by molar-refractivity contribution is 4.83. The Morgan fingerprint density at radius 2 is 1.42 bits per heavy atom. The second kappa shape index (κ2) is 9.77. The molecule has 1 saturated carbocycles. The molecule has 3 atom stereocenters. The van der Waals surface area contributed by atoms with Gasteiger partial charge in [-0.3, -0.25) is 4.90 Å². The van der Waals surface area contributed by atoms with Gasteiger partial charge in [0.05, 0.1) is 0 Å². The number of nitrogens with two attached hydrogens (primary N) is 1. The lowest BCUT2D eigenvalue weighted by Crippen LogP contribution is -2.49. The summed E-state index contributed by atoms with van der Waals surface area (Å²) in [4.78, 5) is 2.55. The lowest BCUT2D eigenvalue weighted by molar-refractivity contribution is 0.140. The number of rotatable bonds is 3. The van der Waals surface area contributed by atoms with Gasteiger partial charge in [0.15, 0.2) is 0 Å². The second-order valence-electron chi connectivity index (χ2n) is 6.56. The van der Waals surface area contributed by atoms with Crippen molar-refractivity contribution >= 4 is 0 Å². The molecule has 1 aliphatic rings. The zero-order valence-corrected chi connectivity index (χ0v) is 13.5. The summed E-state index contributed by atoms with van der Waals surface area (Å²) < 4.78 is 0. The van der Waals surface area contributed by atoms with Crippen LogP contribution in [0.15, 0.2) is 0 Å². The predicted octanol–water partition coefficient (Wildman–Crippen LogP) is 4.33. The van der Waals surface area contributed by atoms with Gasteiger partial charge in [0.25, 0.3) is 0 Å². The summed E-state index contributed by atoms with van der Waals surface area (Å²) in [5.41, 5.74) is 6.51. The molecule has 2 N–H and O–H groups in total. The van der Waals surface area contributed by atoms with Crippen LogP contribution in [0, 0.1) is 0 Å². The molecule has 0 aromatic rings. The Morgan fingerprint density at radius 3 is 1.95 bits per heavy atom. The summed E-state index contributed by atoms with van der Waals surface area (Å²) in [5.74, 6) is 0. The molecule has 0 radical (unpaired) electrons. The number of likely N-dealkylation sites (N-methyl/N-ethyl adjacent to an activating group) is 1. The summed E-state index contributed by atoms with van der Waals surface area (Å²) in [5, 5.41) is 0. The molecule has 3 unspecified atom stereocenters. The monoisotopic (exact) mass is 268 g/mol. The molecular formula is C17H36N2. The molecule has 1 rings (SSSR count). The maximum atomic E-state index is 6.51. The summed E-state index contributed by atoms with van der Waals surface area (Å²) in [6.45, 7) is 4.62. The van der Waals surface area contributed by atoms with E-state index in [-0.39, 0.29) is 0 Å². The molecule has 2 nitrogen and oxygen atoms in total. The molecule has 0 bridgehead atoms. The Labute approximate surface area is 121 Å². The molecule has 0 aromatic heterocycles. The van der Waals surface area contributed by atoms with E-state index in [2.05, 4.69) is 25.8 Å². The minimum Gasteiger partial charge on any atom is -0.326 e. The first-order valence-corrected chi connectivity index (χ1v) is 8.64. The summed E-state index contributed by atoms with van der Waals surface area (Å²) in [6.07, 6.45) is 14.9. The van der Waals surface area contributed by atoms with Crippen molar-refractivity contribution in [1.29, 1.82) is 0 Å². The zero-order chi connectivity index (χ0) is 14.1. The van der Waals surface area contributed by atoms with E-state index in [0.717, 1.165) is 0 Å². The van der Waals surface area contributed by atoms with E-state index >= 15 is 0 Å². The molecule has 114 valence electrons. The van der Waals surface area contributed by atoms with Crippen molar-refractivity contribution in [3.63, 3.8) is 0 Å². The van der Waals surface area contributed by atoms with Gasteiger partial charge in [0, 0.05) is 18.1 Å². The lowest BCUT2D eigenvalue weighted by atomic mass is 9.93. The molecule has 0 spiro atoms. The summed E-state index contributed by atoms with van der Waals surface area (Å²) >= 11 is 0. The topological polar surface area (TPSA) is 29.3 Å². The molecule has 1 fully saturated rings. The number of hydrogen-bond acceptors (Lipinski definition) is 2. The van der Waals surface area contributed by atoms with Crippen molar-refractivity contribution in [2.24, 2.45) is 5.73 Å². The van der Waals surface area contributed by atoms with Gasteiger partial charge in [-0.2, -0.15) is 0 Å². The van der Waals surface area contributed by atoms with Crippen LogP contribution in [-0.2, 0) is 0 Å². The zero-order valence-electron chi connectivity index (χ0n) is 13.5. The fourth-order valence-corrected chi connectivity index (χ4v) is 3.32. The van der Waals surface area contributed by atoms with Crippen LogP contribution in [0.4, 0.5) is 0 Å². The van der Waals surface area contributed by atoms with Crippen LogP contribution in [0.25, 0.3) is 0 Å². The molecule has 2 heteroatoms. The average Bonchev–Trinajstić information content (AvgIpc) is 2.41.